The Morgan fingerprint density at radius 1 is 1.17 bits per heavy atom. The topological polar surface area (TPSA) is 70.2 Å². The lowest BCUT2D eigenvalue weighted by molar-refractivity contribution is 0.0921. The lowest BCUT2D eigenvalue weighted by Crippen LogP contribution is -2.39. The second-order valence-electron chi connectivity index (χ2n) is 7.12. The predicted molar refractivity (Wildman–Crippen MR) is 95.8 cm³/mol. The molecule has 1 saturated carbocycles. The number of hydrogen-bond acceptors (Lipinski definition) is 2. The number of carbonyl (C=O) groups is 2. The molecule has 2 atom stereocenters. The van der Waals surface area contributed by atoms with Gasteiger partial charge in [0.05, 0.1) is 0 Å². The van der Waals surface area contributed by atoms with E-state index in [4.69, 9.17) is 0 Å². The summed E-state index contributed by atoms with van der Waals surface area (Å²) in [5.41, 5.74) is 1.64. The average Bonchev–Trinajstić information content (AvgIpc) is 2.53. The van der Waals surface area contributed by atoms with Crippen LogP contribution in [0.4, 0.5) is 4.79 Å². The van der Waals surface area contributed by atoms with Gasteiger partial charge < -0.3 is 16.0 Å². The van der Waals surface area contributed by atoms with Gasteiger partial charge in [0.25, 0.3) is 5.91 Å². The van der Waals surface area contributed by atoms with Crippen molar-refractivity contribution in [2.24, 2.45) is 5.92 Å². The number of carbonyl (C=O) groups excluding carboxylic acids is 2. The molecular formula is C19H29N3O2. The van der Waals surface area contributed by atoms with Gasteiger partial charge in [-0.25, -0.2) is 4.79 Å². The summed E-state index contributed by atoms with van der Waals surface area (Å²) >= 11 is 0. The van der Waals surface area contributed by atoms with Crippen LogP contribution in [0.3, 0.4) is 0 Å². The van der Waals surface area contributed by atoms with Crippen molar-refractivity contribution in [3.05, 3.63) is 35.4 Å². The third-order valence-electron chi connectivity index (χ3n) is 4.36. The number of benzene rings is 1. The molecule has 1 aromatic rings. The minimum absolute atomic E-state index is 0.00819. The van der Waals surface area contributed by atoms with Crippen molar-refractivity contribution in [3.63, 3.8) is 0 Å². The highest BCUT2D eigenvalue weighted by molar-refractivity contribution is 5.94. The summed E-state index contributed by atoms with van der Waals surface area (Å²) in [7, 11) is 0. The third-order valence-corrected chi connectivity index (χ3v) is 4.36. The van der Waals surface area contributed by atoms with Gasteiger partial charge in [-0.1, -0.05) is 31.9 Å². The molecule has 24 heavy (non-hydrogen) atoms. The fraction of sp³-hybridized carbons (Fsp3) is 0.579. The fourth-order valence-electron chi connectivity index (χ4n) is 3.10. The summed E-state index contributed by atoms with van der Waals surface area (Å²) in [4.78, 5) is 23.9. The SMILES string of the molecule is CC1CCCC(NC(=O)c2ccc(CNC(=O)NC(C)C)cc2)C1. The summed E-state index contributed by atoms with van der Waals surface area (Å²) < 4.78 is 0. The zero-order chi connectivity index (χ0) is 17.5. The molecule has 1 aromatic carbocycles. The first-order chi connectivity index (χ1) is 11.4. The van der Waals surface area contributed by atoms with E-state index >= 15 is 0 Å². The minimum Gasteiger partial charge on any atom is -0.349 e. The highest BCUT2D eigenvalue weighted by atomic mass is 16.2. The van der Waals surface area contributed by atoms with Crippen LogP contribution in [0.5, 0.6) is 0 Å². The molecule has 0 saturated heterocycles. The first-order valence-corrected chi connectivity index (χ1v) is 8.88. The van der Waals surface area contributed by atoms with E-state index in [-0.39, 0.29) is 18.0 Å². The van der Waals surface area contributed by atoms with Gasteiger partial charge in [0.15, 0.2) is 0 Å². The van der Waals surface area contributed by atoms with Gasteiger partial charge >= 0.3 is 6.03 Å². The predicted octanol–water partition coefficient (Wildman–Crippen LogP) is 3.20. The van der Waals surface area contributed by atoms with Gasteiger partial charge in [-0.15, -0.1) is 0 Å². The Kier molecular flexibility index (Phi) is 6.64. The maximum absolute atomic E-state index is 12.3. The van der Waals surface area contributed by atoms with Crippen molar-refractivity contribution < 1.29 is 9.59 Å². The molecule has 1 aliphatic carbocycles. The Bertz CT molecular complexity index is 554. The van der Waals surface area contributed by atoms with Crippen molar-refractivity contribution in [1.29, 1.82) is 0 Å². The molecule has 0 heterocycles. The summed E-state index contributed by atoms with van der Waals surface area (Å²) in [6, 6.07) is 7.62. The van der Waals surface area contributed by atoms with Gasteiger partial charge in [-0.05, 0) is 50.3 Å². The van der Waals surface area contributed by atoms with E-state index in [2.05, 4.69) is 22.9 Å². The number of rotatable bonds is 5. The van der Waals surface area contributed by atoms with E-state index in [0.29, 0.717) is 24.1 Å². The van der Waals surface area contributed by atoms with Gasteiger partial charge in [0, 0.05) is 24.2 Å². The lowest BCUT2D eigenvalue weighted by Gasteiger charge is -2.27. The largest absolute Gasteiger partial charge is 0.349 e. The normalized spacial score (nSPS) is 20.5. The molecule has 3 N–H and O–H groups in total. The van der Waals surface area contributed by atoms with E-state index in [0.717, 1.165) is 18.4 Å². The van der Waals surface area contributed by atoms with Crippen LogP contribution in [0.15, 0.2) is 24.3 Å². The molecule has 0 bridgehead atoms. The van der Waals surface area contributed by atoms with Crippen LogP contribution in [0.1, 0.15) is 62.4 Å². The van der Waals surface area contributed by atoms with Gasteiger partial charge in [0.1, 0.15) is 0 Å². The summed E-state index contributed by atoms with van der Waals surface area (Å²) in [6.45, 7) is 6.52. The molecular weight excluding hydrogens is 302 g/mol. The Morgan fingerprint density at radius 2 is 1.88 bits per heavy atom. The monoisotopic (exact) mass is 331 g/mol. The van der Waals surface area contributed by atoms with Gasteiger partial charge in [0.2, 0.25) is 0 Å². The van der Waals surface area contributed by atoms with Crippen LogP contribution in [0.25, 0.3) is 0 Å². The van der Waals surface area contributed by atoms with E-state index in [1.807, 2.05) is 38.1 Å². The molecule has 2 unspecified atom stereocenters. The molecule has 2 rings (SSSR count). The highest BCUT2D eigenvalue weighted by Gasteiger charge is 2.20. The molecule has 1 fully saturated rings. The van der Waals surface area contributed by atoms with E-state index < -0.39 is 0 Å². The Balaban J connectivity index is 1.82. The molecule has 5 nitrogen and oxygen atoms in total. The lowest BCUT2D eigenvalue weighted by atomic mass is 9.87. The van der Waals surface area contributed by atoms with Crippen molar-refractivity contribution in [1.82, 2.24) is 16.0 Å². The van der Waals surface area contributed by atoms with E-state index in [1.54, 1.807) is 0 Å². The van der Waals surface area contributed by atoms with Crippen LogP contribution in [0.2, 0.25) is 0 Å². The standard InChI is InChI=1S/C19H29N3O2/c1-13(2)21-19(24)20-12-15-7-9-16(10-8-15)18(23)22-17-6-4-5-14(3)11-17/h7-10,13-14,17H,4-6,11-12H2,1-3H3,(H,22,23)(H2,20,21,24). The van der Waals surface area contributed by atoms with E-state index in [9.17, 15) is 9.59 Å². The average molecular weight is 331 g/mol. The number of nitrogens with one attached hydrogen (secondary N) is 3. The highest BCUT2D eigenvalue weighted by Crippen LogP contribution is 2.23. The molecule has 132 valence electrons. The van der Waals surface area contributed by atoms with Crippen molar-refractivity contribution in [2.75, 3.05) is 0 Å². The molecule has 0 aromatic heterocycles. The van der Waals surface area contributed by atoms with Crippen LogP contribution >= 0.6 is 0 Å². The van der Waals surface area contributed by atoms with Gasteiger partial charge in [-0.2, -0.15) is 0 Å². The number of hydrogen-bond donors (Lipinski definition) is 3. The molecule has 0 radical (unpaired) electrons. The Labute approximate surface area is 144 Å². The van der Waals surface area contributed by atoms with Crippen molar-refractivity contribution in [2.45, 2.75) is 65.1 Å². The molecule has 0 spiro atoms. The van der Waals surface area contributed by atoms with Crippen LogP contribution in [-0.2, 0) is 6.54 Å². The second-order valence-corrected chi connectivity index (χ2v) is 7.12. The minimum atomic E-state index is -0.182. The molecule has 1 aliphatic rings. The maximum Gasteiger partial charge on any atom is 0.315 e. The summed E-state index contributed by atoms with van der Waals surface area (Å²) in [5.74, 6) is 0.681. The maximum atomic E-state index is 12.3. The smallest absolute Gasteiger partial charge is 0.315 e. The number of amides is 3. The second kappa shape index (κ2) is 8.71. The summed E-state index contributed by atoms with van der Waals surface area (Å²) in [5, 5.41) is 8.71. The molecule has 0 aliphatic heterocycles. The van der Waals surface area contributed by atoms with Gasteiger partial charge in [-0.3, -0.25) is 4.79 Å². The van der Waals surface area contributed by atoms with Crippen molar-refractivity contribution >= 4 is 11.9 Å². The van der Waals surface area contributed by atoms with Crippen LogP contribution in [-0.4, -0.2) is 24.0 Å². The Hall–Kier alpha value is -2.04. The molecule has 5 heteroatoms. The first-order valence-electron chi connectivity index (χ1n) is 8.88. The van der Waals surface area contributed by atoms with Crippen LogP contribution < -0.4 is 16.0 Å². The Morgan fingerprint density at radius 3 is 2.50 bits per heavy atom. The molecule has 3 amide bonds. The fourth-order valence-corrected chi connectivity index (χ4v) is 3.10. The zero-order valence-electron chi connectivity index (χ0n) is 14.9. The number of urea groups is 1. The summed E-state index contributed by atoms with van der Waals surface area (Å²) in [6.07, 6.45) is 4.59. The third kappa shape index (κ3) is 5.87. The first kappa shape index (κ1) is 18.3. The zero-order valence-corrected chi connectivity index (χ0v) is 14.9. The van der Waals surface area contributed by atoms with Crippen molar-refractivity contribution in [3.8, 4) is 0 Å². The quantitative estimate of drug-likeness (QED) is 0.775. The van der Waals surface area contributed by atoms with E-state index in [1.165, 1.54) is 12.8 Å². The van der Waals surface area contributed by atoms with Crippen LogP contribution in [0, 0.1) is 5.92 Å².